The summed E-state index contributed by atoms with van der Waals surface area (Å²) in [7, 11) is 0. The fraction of sp³-hybridized carbons (Fsp3) is 0.489. The molecule has 6 aliphatic rings. The standard InChI is InChI=1S/C24H28F2N8.C23H25F3N8/c1-15-10-21(28-14-27-15)32-12-16-4-5-17(13-32)22(16)29-23-30-24-33(8-2-3-9-34(24)31-23)18-6-7-19(25)20(26)11-18;1-13-19(26)21(28-12-27-13)32-10-14-3-4-15(11-32)20(14)29-22-30-23-33(7-2-8-34(23)31-22)16-5-6-17(24)18(25)9-16/h6-7,10-11,14,16-17,22H,2-5,8-9,12-13H2,1H3,(H,29,31);5-6,9,12,14-15,20H,2-4,7-8,10-11H2,1H3,(H,29,31)/t16-,17+,22?;14-,15+,20?. The molecule has 2 aliphatic carbocycles. The number of hydrogen-bond donors (Lipinski definition) is 2. The summed E-state index contributed by atoms with van der Waals surface area (Å²) in [6, 6.07) is 10.4. The monoisotopic (exact) mass is 936 g/mol. The molecule has 4 aromatic heterocycles. The van der Waals surface area contributed by atoms with E-state index >= 15 is 0 Å². The van der Waals surface area contributed by atoms with Crippen LogP contribution in [0.2, 0.25) is 0 Å². The van der Waals surface area contributed by atoms with Crippen LogP contribution in [0.25, 0.3) is 0 Å². The molecule has 4 bridgehead atoms. The van der Waals surface area contributed by atoms with Gasteiger partial charge in [0.1, 0.15) is 18.5 Å². The van der Waals surface area contributed by atoms with E-state index in [-0.39, 0.29) is 11.9 Å². The normalized spacial score (nSPS) is 24.0. The molecule has 4 fully saturated rings. The zero-order chi connectivity index (χ0) is 46.6. The smallest absolute Gasteiger partial charge is 0.244 e. The molecule has 4 aliphatic heterocycles. The van der Waals surface area contributed by atoms with Crippen molar-refractivity contribution in [3.05, 3.63) is 95.6 Å². The first-order chi connectivity index (χ1) is 33.0. The molecule has 356 valence electrons. The van der Waals surface area contributed by atoms with Crippen molar-refractivity contribution in [1.82, 2.24) is 49.5 Å². The van der Waals surface area contributed by atoms with Crippen LogP contribution in [-0.2, 0) is 13.1 Å². The van der Waals surface area contributed by atoms with Crippen molar-refractivity contribution in [2.24, 2.45) is 23.7 Å². The molecule has 2 saturated heterocycles. The van der Waals surface area contributed by atoms with E-state index in [9.17, 15) is 22.0 Å². The molecule has 6 aromatic rings. The number of anilines is 8. The Morgan fingerprint density at radius 1 is 0.529 bits per heavy atom. The maximum Gasteiger partial charge on any atom is 0.244 e. The third-order valence-corrected chi connectivity index (χ3v) is 14.6. The SMILES string of the molecule is Cc1cc(N2C[C@H]3CC[C@@H](C2)C3Nc2nc3n(n2)CCCCN3c2ccc(F)c(F)c2)ncn1.Cc1ncnc(N2C[C@H]3CC[C@@H](C2)C3Nc2nc3n(n2)CCCN3c2ccc(F)c(F)c2)c1F. The van der Waals surface area contributed by atoms with Gasteiger partial charge in [0.05, 0.1) is 5.69 Å². The molecule has 2 N–H and O–H groups in total. The molecule has 0 spiro atoms. The summed E-state index contributed by atoms with van der Waals surface area (Å²) in [4.78, 5) is 34.6. The van der Waals surface area contributed by atoms with E-state index < -0.39 is 23.3 Å². The van der Waals surface area contributed by atoms with Crippen molar-refractivity contribution in [2.45, 2.75) is 84.0 Å². The lowest BCUT2D eigenvalue weighted by Gasteiger charge is -2.38. The zero-order valence-electron chi connectivity index (χ0n) is 37.9. The highest BCUT2D eigenvalue weighted by Gasteiger charge is 2.45. The Balaban J connectivity index is 0.000000149. The lowest BCUT2D eigenvalue weighted by Crippen LogP contribution is -2.48. The van der Waals surface area contributed by atoms with E-state index in [0.29, 0.717) is 109 Å². The first-order valence-electron chi connectivity index (χ1n) is 23.7. The zero-order valence-corrected chi connectivity index (χ0v) is 37.9. The van der Waals surface area contributed by atoms with Gasteiger partial charge in [0.2, 0.25) is 23.8 Å². The number of nitrogens with one attached hydrogen (secondary N) is 2. The number of piperidine rings is 2. The van der Waals surface area contributed by atoms with E-state index in [4.69, 9.17) is 15.1 Å². The Morgan fingerprint density at radius 3 is 1.57 bits per heavy atom. The number of halogens is 5. The predicted octanol–water partition coefficient (Wildman–Crippen LogP) is 7.58. The Kier molecular flexibility index (Phi) is 11.7. The summed E-state index contributed by atoms with van der Waals surface area (Å²) in [5.41, 5.74) is 2.48. The van der Waals surface area contributed by atoms with Crippen LogP contribution in [0.1, 0.15) is 56.3 Å². The first-order valence-corrected chi connectivity index (χ1v) is 23.7. The Labute approximate surface area is 390 Å². The molecule has 6 atom stereocenters. The number of rotatable bonds is 8. The molecule has 2 saturated carbocycles. The highest BCUT2D eigenvalue weighted by molar-refractivity contribution is 5.60. The maximum atomic E-state index is 14.6. The number of hydrogen-bond acceptors (Lipinski definition) is 14. The van der Waals surface area contributed by atoms with Gasteiger partial charge in [-0.1, -0.05) is 0 Å². The number of nitrogens with zero attached hydrogens (tertiary/aromatic N) is 14. The van der Waals surface area contributed by atoms with E-state index in [1.165, 1.54) is 24.5 Å². The van der Waals surface area contributed by atoms with Crippen LogP contribution >= 0.6 is 0 Å². The molecule has 21 heteroatoms. The maximum absolute atomic E-state index is 14.6. The van der Waals surface area contributed by atoms with E-state index in [1.54, 1.807) is 25.4 Å². The van der Waals surface area contributed by atoms with Gasteiger partial charge < -0.3 is 30.2 Å². The van der Waals surface area contributed by atoms with Crippen LogP contribution in [0.3, 0.4) is 0 Å². The van der Waals surface area contributed by atoms with Crippen molar-refractivity contribution in [2.75, 3.05) is 69.5 Å². The van der Waals surface area contributed by atoms with Crippen LogP contribution in [0.4, 0.5) is 68.8 Å². The lowest BCUT2D eigenvalue weighted by molar-refractivity contribution is 0.371. The fourth-order valence-electron chi connectivity index (χ4n) is 11.2. The largest absolute Gasteiger partial charge is 0.356 e. The minimum Gasteiger partial charge on any atom is -0.356 e. The van der Waals surface area contributed by atoms with Gasteiger partial charge in [0.25, 0.3) is 0 Å². The Morgan fingerprint density at radius 2 is 1.03 bits per heavy atom. The van der Waals surface area contributed by atoms with Gasteiger partial charge in [-0.3, -0.25) is 0 Å². The van der Waals surface area contributed by atoms with Crippen LogP contribution < -0.4 is 30.2 Å². The summed E-state index contributed by atoms with van der Waals surface area (Å²) in [5, 5.41) is 16.6. The molecule has 68 heavy (non-hydrogen) atoms. The van der Waals surface area contributed by atoms with E-state index in [1.807, 2.05) is 37.1 Å². The summed E-state index contributed by atoms with van der Waals surface area (Å²) in [6.07, 6.45) is 10.2. The Bertz CT molecular complexity index is 2780. The van der Waals surface area contributed by atoms with Crippen molar-refractivity contribution in [1.29, 1.82) is 0 Å². The van der Waals surface area contributed by atoms with Gasteiger partial charge in [0.15, 0.2) is 34.9 Å². The third-order valence-electron chi connectivity index (χ3n) is 14.6. The van der Waals surface area contributed by atoms with Crippen molar-refractivity contribution in [3.63, 3.8) is 0 Å². The average Bonchev–Trinajstić information content (AvgIpc) is 4.01. The number of aryl methyl sites for hydroxylation is 4. The second-order valence-corrected chi connectivity index (χ2v) is 18.9. The molecular weight excluding hydrogens is 884 g/mol. The van der Waals surface area contributed by atoms with Crippen molar-refractivity contribution in [3.8, 4) is 0 Å². The van der Waals surface area contributed by atoms with Gasteiger partial charge in [-0.15, -0.1) is 10.2 Å². The minimum absolute atomic E-state index is 0.184. The molecule has 2 unspecified atom stereocenters. The topological polar surface area (TPSA) is 150 Å². The minimum atomic E-state index is -0.883. The number of fused-ring (bicyclic) bond motifs is 6. The van der Waals surface area contributed by atoms with Crippen LogP contribution in [0.15, 0.2) is 55.1 Å². The highest BCUT2D eigenvalue weighted by Crippen LogP contribution is 2.42. The summed E-state index contributed by atoms with van der Waals surface area (Å²) < 4.78 is 73.0. The molecule has 0 amide bonds. The molecular formula is C47H53F5N16. The van der Waals surface area contributed by atoms with Gasteiger partial charge >= 0.3 is 0 Å². The van der Waals surface area contributed by atoms with E-state index in [0.717, 1.165) is 82.2 Å². The van der Waals surface area contributed by atoms with Gasteiger partial charge in [-0.25, -0.2) is 51.3 Å². The van der Waals surface area contributed by atoms with Crippen LogP contribution in [0.5, 0.6) is 0 Å². The van der Waals surface area contributed by atoms with Gasteiger partial charge in [-0.05, 0) is 107 Å². The molecule has 2 aromatic carbocycles. The van der Waals surface area contributed by atoms with Crippen molar-refractivity contribution >= 4 is 46.8 Å². The molecule has 8 heterocycles. The molecule has 0 radical (unpaired) electrons. The van der Waals surface area contributed by atoms with Crippen LogP contribution in [-0.4, -0.2) is 101 Å². The van der Waals surface area contributed by atoms with Crippen LogP contribution in [0, 0.1) is 66.6 Å². The summed E-state index contributed by atoms with van der Waals surface area (Å²) >= 11 is 0. The second-order valence-electron chi connectivity index (χ2n) is 18.9. The van der Waals surface area contributed by atoms with Crippen molar-refractivity contribution < 1.29 is 22.0 Å². The summed E-state index contributed by atoms with van der Waals surface area (Å²) in [5.74, 6) is 1.60. The summed E-state index contributed by atoms with van der Waals surface area (Å²) in [6.45, 7) is 9.74. The van der Waals surface area contributed by atoms with E-state index in [2.05, 4.69) is 40.6 Å². The van der Waals surface area contributed by atoms with Gasteiger partial charge in [0, 0.05) is 99.7 Å². The highest BCUT2D eigenvalue weighted by atomic mass is 19.2. The number of benzene rings is 2. The third kappa shape index (κ3) is 8.48. The average molecular weight is 937 g/mol. The Hall–Kier alpha value is -6.67. The molecule has 12 rings (SSSR count). The lowest BCUT2D eigenvalue weighted by atomic mass is 9.92. The predicted molar refractivity (Wildman–Crippen MR) is 246 cm³/mol. The van der Waals surface area contributed by atoms with Gasteiger partial charge in [-0.2, -0.15) is 9.97 Å². The quantitative estimate of drug-likeness (QED) is 0.145. The number of aromatic nitrogens is 10. The first kappa shape index (κ1) is 43.9. The fourth-order valence-corrected chi connectivity index (χ4v) is 11.2. The second kappa shape index (κ2) is 18.1. The molecule has 16 nitrogen and oxygen atoms in total.